The number of nitrogens with zero attached hydrogens (tertiary/aromatic N) is 5. The van der Waals surface area contributed by atoms with Gasteiger partial charge in [0, 0.05) is 24.7 Å². The van der Waals surface area contributed by atoms with Gasteiger partial charge in [-0.3, -0.25) is 14.4 Å². The standard InChI is InChI=1S/C48H76N10O7/c1-4-6-8-10-12-14-16-18-20-22-24-38(46(62)63)53-40(59)31-30-37(45(61)55-39(47(64)65)25-23-21-19-17-15-13-11-9-7-5-2)54-44(60)34-26-28-36(29-27-34)58(3)33-35-32-51-43-41(52-35)42(49)56-48(50)57-43/h26-29,32,37-39H,4-25,30-31,33H2,1-3H3,(H,53,59)(H,54,60)(H,55,61)(H,62,63)(H,64,65)(H4,49,50,51,56,57). The molecule has 17 nitrogen and oxygen atoms in total. The van der Waals surface area contributed by atoms with E-state index in [-0.39, 0.29) is 48.7 Å². The van der Waals surface area contributed by atoms with Crippen LogP contribution in [0.25, 0.3) is 11.2 Å². The normalized spacial score (nSPS) is 12.6. The molecule has 2 heterocycles. The first-order valence-corrected chi connectivity index (χ1v) is 24.0. The van der Waals surface area contributed by atoms with E-state index in [4.69, 9.17) is 11.5 Å². The molecule has 0 bridgehead atoms. The van der Waals surface area contributed by atoms with Crippen molar-refractivity contribution in [2.24, 2.45) is 0 Å². The molecule has 0 aliphatic heterocycles. The number of nitrogen functional groups attached to an aromatic ring is 2. The summed E-state index contributed by atoms with van der Waals surface area (Å²) in [5.41, 5.74) is 13.8. The largest absolute Gasteiger partial charge is 0.480 e. The number of aromatic nitrogens is 4. The summed E-state index contributed by atoms with van der Waals surface area (Å²) in [7, 11) is 1.83. The van der Waals surface area contributed by atoms with E-state index in [9.17, 15) is 34.2 Å². The van der Waals surface area contributed by atoms with Gasteiger partial charge in [0.2, 0.25) is 17.8 Å². The monoisotopic (exact) mass is 905 g/mol. The maximum Gasteiger partial charge on any atom is 0.326 e. The lowest BCUT2D eigenvalue weighted by Gasteiger charge is -2.22. The van der Waals surface area contributed by atoms with Gasteiger partial charge in [-0.25, -0.2) is 19.6 Å². The Morgan fingerprint density at radius 3 is 1.62 bits per heavy atom. The van der Waals surface area contributed by atoms with Crippen LogP contribution in [-0.4, -0.2) is 85.0 Å². The van der Waals surface area contributed by atoms with Crippen molar-refractivity contribution in [1.29, 1.82) is 0 Å². The second-order valence-electron chi connectivity index (χ2n) is 17.3. The number of nitrogens with two attached hydrogens (primary N) is 2. The fourth-order valence-electron chi connectivity index (χ4n) is 7.77. The van der Waals surface area contributed by atoms with Crippen molar-refractivity contribution < 1.29 is 34.2 Å². The molecule has 3 unspecified atom stereocenters. The molecule has 0 saturated carbocycles. The summed E-state index contributed by atoms with van der Waals surface area (Å²) in [4.78, 5) is 83.6. The molecule has 0 aliphatic carbocycles. The van der Waals surface area contributed by atoms with Crippen molar-refractivity contribution >= 4 is 58.3 Å². The Morgan fingerprint density at radius 1 is 0.615 bits per heavy atom. The van der Waals surface area contributed by atoms with Crippen LogP contribution in [-0.2, 0) is 25.7 Å². The Kier molecular flexibility index (Phi) is 25.2. The first-order valence-electron chi connectivity index (χ1n) is 24.0. The topological polar surface area (TPSA) is 269 Å². The average molecular weight is 905 g/mol. The van der Waals surface area contributed by atoms with Gasteiger partial charge in [-0.1, -0.05) is 142 Å². The molecule has 17 heteroatoms. The van der Waals surface area contributed by atoms with E-state index in [1.54, 1.807) is 30.5 Å². The fraction of sp³-hybridized carbons (Fsp3) is 0.646. The lowest BCUT2D eigenvalue weighted by Crippen LogP contribution is -2.52. The van der Waals surface area contributed by atoms with Gasteiger partial charge >= 0.3 is 11.9 Å². The van der Waals surface area contributed by atoms with Gasteiger partial charge < -0.3 is 42.5 Å². The zero-order valence-corrected chi connectivity index (χ0v) is 39.1. The summed E-state index contributed by atoms with van der Waals surface area (Å²) in [5, 5.41) is 27.8. The van der Waals surface area contributed by atoms with Crippen LogP contribution < -0.4 is 32.3 Å². The first kappa shape index (κ1) is 53.7. The highest BCUT2D eigenvalue weighted by molar-refractivity contribution is 5.98. The highest BCUT2D eigenvalue weighted by atomic mass is 16.4. The van der Waals surface area contributed by atoms with E-state index in [1.165, 1.54) is 64.2 Å². The first-order chi connectivity index (χ1) is 31.3. The van der Waals surface area contributed by atoms with Crippen LogP contribution in [0.4, 0.5) is 17.5 Å². The second kappa shape index (κ2) is 30.5. The van der Waals surface area contributed by atoms with Gasteiger partial charge in [-0.15, -0.1) is 0 Å². The molecular weight excluding hydrogens is 829 g/mol. The van der Waals surface area contributed by atoms with E-state index >= 15 is 0 Å². The van der Waals surface area contributed by atoms with E-state index in [0.717, 1.165) is 57.1 Å². The van der Waals surface area contributed by atoms with Crippen molar-refractivity contribution in [3.63, 3.8) is 0 Å². The molecule has 3 atom stereocenters. The molecule has 360 valence electrons. The molecule has 0 saturated heterocycles. The number of aliphatic carboxylic acids is 2. The van der Waals surface area contributed by atoms with Gasteiger partial charge in [0.1, 0.15) is 18.1 Å². The van der Waals surface area contributed by atoms with E-state index in [2.05, 4.69) is 49.7 Å². The minimum atomic E-state index is -1.28. The second-order valence-corrected chi connectivity index (χ2v) is 17.3. The summed E-state index contributed by atoms with van der Waals surface area (Å²) in [6.45, 7) is 4.72. The zero-order valence-electron chi connectivity index (χ0n) is 39.1. The van der Waals surface area contributed by atoms with Crippen LogP contribution in [0.15, 0.2) is 30.5 Å². The SMILES string of the molecule is CCCCCCCCCCCCC(NC(=O)CCC(NC(=O)c1ccc(N(C)Cc2cnc3nc(N)nc(N)c3n2)cc1)C(=O)NC(CCCCCCCCCCCC)C(=O)O)C(=O)O. The summed E-state index contributed by atoms with van der Waals surface area (Å²) in [6.07, 6.45) is 23.3. The summed E-state index contributed by atoms with van der Waals surface area (Å²) < 4.78 is 0. The maximum atomic E-state index is 13.7. The van der Waals surface area contributed by atoms with E-state index in [0.29, 0.717) is 30.6 Å². The lowest BCUT2D eigenvalue weighted by atomic mass is 10.0. The van der Waals surface area contributed by atoms with Crippen molar-refractivity contribution in [2.45, 2.75) is 193 Å². The van der Waals surface area contributed by atoms with Gasteiger partial charge in [0.15, 0.2) is 17.0 Å². The van der Waals surface area contributed by atoms with E-state index < -0.39 is 47.8 Å². The molecule has 0 spiro atoms. The molecule has 3 rings (SSSR count). The van der Waals surface area contributed by atoms with Crippen molar-refractivity contribution in [3.05, 3.63) is 41.7 Å². The predicted molar refractivity (Wildman–Crippen MR) is 255 cm³/mol. The van der Waals surface area contributed by atoms with Crippen LogP contribution in [0, 0.1) is 0 Å². The number of hydrogen-bond acceptors (Lipinski definition) is 12. The quantitative estimate of drug-likeness (QED) is 0.0277. The molecule has 3 amide bonds. The fourth-order valence-corrected chi connectivity index (χ4v) is 7.77. The Hall–Kier alpha value is -5.61. The minimum Gasteiger partial charge on any atom is -0.480 e. The van der Waals surface area contributed by atoms with Gasteiger partial charge in [-0.2, -0.15) is 9.97 Å². The smallest absolute Gasteiger partial charge is 0.326 e. The van der Waals surface area contributed by atoms with Crippen molar-refractivity contribution in [1.82, 2.24) is 35.9 Å². The third-order valence-corrected chi connectivity index (χ3v) is 11.7. The number of carboxylic acid groups (broad SMARTS) is 2. The van der Waals surface area contributed by atoms with Crippen LogP contribution in [0.3, 0.4) is 0 Å². The van der Waals surface area contributed by atoms with Crippen molar-refractivity contribution in [2.75, 3.05) is 23.4 Å². The number of hydrogen-bond donors (Lipinski definition) is 7. The Morgan fingerprint density at radius 2 is 1.11 bits per heavy atom. The number of unbranched alkanes of at least 4 members (excludes halogenated alkanes) is 18. The highest BCUT2D eigenvalue weighted by Gasteiger charge is 2.28. The van der Waals surface area contributed by atoms with E-state index in [1.807, 2.05) is 11.9 Å². The molecule has 3 aromatic rings. The summed E-state index contributed by atoms with van der Waals surface area (Å²) in [5.74, 6) is -4.16. The molecule has 2 aromatic heterocycles. The number of rotatable bonds is 35. The molecular formula is C48H76N10O7. The van der Waals surface area contributed by atoms with Gasteiger partial charge in [-0.05, 0) is 43.5 Å². The maximum absolute atomic E-state index is 13.7. The number of carbonyl (C=O) groups excluding carboxylic acids is 3. The number of benzene rings is 1. The van der Waals surface area contributed by atoms with Crippen LogP contribution >= 0.6 is 0 Å². The van der Waals surface area contributed by atoms with Crippen LogP contribution in [0.1, 0.15) is 184 Å². The molecule has 0 fully saturated rings. The third kappa shape index (κ3) is 20.8. The molecule has 1 aromatic carbocycles. The zero-order chi connectivity index (χ0) is 47.4. The summed E-state index contributed by atoms with van der Waals surface area (Å²) >= 11 is 0. The molecule has 65 heavy (non-hydrogen) atoms. The highest BCUT2D eigenvalue weighted by Crippen LogP contribution is 2.20. The van der Waals surface area contributed by atoms with Gasteiger partial charge in [0.05, 0.1) is 18.4 Å². The van der Waals surface area contributed by atoms with Gasteiger partial charge in [0.25, 0.3) is 5.91 Å². The molecule has 0 aliphatic rings. The summed E-state index contributed by atoms with van der Waals surface area (Å²) in [6, 6.07) is 3.04. The number of fused-ring (bicyclic) bond motifs is 1. The van der Waals surface area contributed by atoms with Crippen molar-refractivity contribution in [3.8, 4) is 0 Å². The number of carboxylic acids is 2. The average Bonchev–Trinajstić information content (AvgIpc) is 3.28. The Labute approximate surface area is 385 Å². The predicted octanol–water partition coefficient (Wildman–Crippen LogP) is 7.86. The van der Waals surface area contributed by atoms with Crippen LogP contribution in [0.5, 0.6) is 0 Å². The van der Waals surface area contributed by atoms with Crippen LogP contribution in [0.2, 0.25) is 0 Å². The number of anilines is 3. The lowest BCUT2D eigenvalue weighted by molar-refractivity contribution is -0.142. The minimum absolute atomic E-state index is 0.00122. The Balaban J connectivity index is 1.62. The number of carbonyl (C=O) groups is 5. The molecule has 9 N–H and O–H groups in total. The number of nitrogens with one attached hydrogen (secondary N) is 3. The molecule has 0 radical (unpaired) electrons. The third-order valence-electron chi connectivity index (χ3n) is 11.7. The Bertz CT molecular complexity index is 1920. The number of amides is 3.